The zero-order chi connectivity index (χ0) is 10.9. The molecule has 1 aromatic rings. The van der Waals surface area contributed by atoms with Crippen molar-refractivity contribution in [3.63, 3.8) is 0 Å². The lowest BCUT2D eigenvalue weighted by atomic mass is 10.1. The monoisotopic (exact) mass is 335 g/mol. The summed E-state index contributed by atoms with van der Waals surface area (Å²) in [7, 11) is 0. The number of alkyl halides is 3. The van der Waals surface area contributed by atoms with E-state index < -0.39 is 12.2 Å². The Morgan fingerprint density at radius 3 is 2.36 bits per heavy atom. The van der Waals surface area contributed by atoms with Gasteiger partial charge in [0.1, 0.15) is 6.04 Å². The van der Waals surface area contributed by atoms with Gasteiger partial charge in [0.25, 0.3) is 0 Å². The van der Waals surface area contributed by atoms with Crippen molar-refractivity contribution in [1.29, 1.82) is 0 Å². The Hall–Kier alpha value is -0.0100. The van der Waals surface area contributed by atoms with Crippen LogP contribution in [0, 0.1) is 3.57 Å². The van der Waals surface area contributed by atoms with Crippen LogP contribution in [0.1, 0.15) is 11.6 Å². The summed E-state index contributed by atoms with van der Waals surface area (Å²) >= 11 is 7.61. The van der Waals surface area contributed by atoms with Gasteiger partial charge in [-0.2, -0.15) is 13.2 Å². The molecule has 0 aliphatic carbocycles. The van der Waals surface area contributed by atoms with E-state index in [1.165, 1.54) is 18.2 Å². The maximum atomic E-state index is 12.2. The smallest absolute Gasteiger partial charge is 0.316 e. The fourth-order valence-electron chi connectivity index (χ4n) is 0.930. The van der Waals surface area contributed by atoms with Crippen LogP contribution < -0.4 is 5.73 Å². The summed E-state index contributed by atoms with van der Waals surface area (Å²) in [5.41, 5.74) is 4.91. The Bertz CT molecular complexity index is 340. The van der Waals surface area contributed by atoms with Crippen LogP contribution in [0.4, 0.5) is 13.2 Å². The molecule has 0 unspecified atom stereocenters. The summed E-state index contributed by atoms with van der Waals surface area (Å²) in [6.45, 7) is 0. The van der Waals surface area contributed by atoms with E-state index in [0.717, 1.165) is 3.57 Å². The standard InChI is InChI=1S/C8H6ClF3IN/c9-6-3-4(13)1-2-5(6)7(14)8(10,11)12/h1-3,7H,14H2/t7-/m0/s1. The van der Waals surface area contributed by atoms with Gasteiger partial charge in [0.2, 0.25) is 0 Å². The third-order valence-corrected chi connectivity index (χ3v) is 2.65. The first-order valence-corrected chi connectivity index (χ1v) is 5.05. The molecule has 0 radical (unpaired) electrons. The zero-order valence-electron chi connectivity index (χ0n) is 6.78. The van der Waals surface area contributed by atoms with Crippen molar-refractivity contribution in [3.8, 4) is 0 Å². The molecule has 78 valence electrons. The predicted molar refractivity (Wildman–Crippen MR) is 57.2 cm³/mol. The van der Waals surface area contributed by atoms with Gasteiger partial charge in [0, 0.05) is 8.59 Å². The second-order valence-corrected chi connectivity index (χ2v) is 4.34. The highest BCUT2D eigenvalue weighted by atomic mass is 127. The van der Waals surface area contributed by atoms with Gasteiger partial charge in [-0.3, -0.25) is 0 Å². The molecule has 0 spiro atoms. The molecule has 0 aromatic heterocycles. The molecule has 6 heteroatoms. The Kier molecular flexibility index (Phi) is 3.65. The molecule has 1 nitrogen and oxygen atoms in total. The topological polar surface area (TPSA) is 26.0 Å². The third-order valence-electron chi connectivity index (χ3n) is 1.65. The quantitative estimate of drug-likeness (QED) is 0.781. The van der Waals surface area contributed by atoms with E-state index in [2.05, 4.69) is 0 Å². The van der Waals surface area contributed by atoms with E-state index in [1.807, 2.05) is 22.6 Å². The van der Waals surface area contributed by atoms with Crippen LogP contribution in [0.25, 0.3) is 0 Å². The van der Waals surface area contributed by atoms with Gasteiger partial charge >= 0.3 is 6.18 Å². The second-order valence-electron chi connectivity index (χ2n) is 2.69. The average Bonchev–Trinajstić information content (AvgIpc) is 2.01. The van der Waals surface area contributed by atoms with Crippen molar-refractivity contribution in [2.24, 2.45) is 5.73 Å². The molecule has 0 bridgehead atoms. The second kappa shape index (κ2) is 4.24. The maximum absolute atomic E-state index is 12.2. The minimum absolute atomic E-state index is 0.0433. The van der Waals surface area contributed by atoms with Crippen LogP contribution in [0.2, 0.25) is 5.02 Å². The lowest BCUT2D eigenvalue weighted by Crippen LogP contribution is -2.28. The van der Waals surface area contributed by atoms with Gasteiger partial charge in [-0.05, 0) is 40.3 Å². The van der Waals surface area contributed by atoms with Crippen molar-refractivity contribution < 1.29 is 13.2 Å². The Morgan fingerprint density at radius 2 is 1.93 bits per heavy atom. The lowest BCUT2D eigenvalue weighted by Gasteiger charge is -2.17. The van der Waals surface area contributed by atoms with Gasteiger partial charge in [-0.15, -0.1) is 0 Å². The summed E-state index contributed by atoms with van der Waals surface area (Å²) in [6.07, 6.45) is -4.46. The number of nitrogens with two attached hydrogens (primary N) is 1. The minimum Gasteiger partial charge on any atom is -0.316 e. The molecular formula is C8H6ClF3IN. The molecule has 0 amide bonds. The molecule has 14 heavy (non-hydrogen) atoms. The number of hydrogen-bond donors (Lipinski definition) is 1. The normalized spacial score (nSPS) is 14.1. The van der Waals surface area contributed by atoms with Crippen molar-refractivity contribution in [1.82, 2.24) is 0 Å². The molecule has 1 atom stereocenters. The number of hydrogen-bond acceptors (Lipinski definition) is 1. The summed E-state index contributed by atoms with van der Waals surface area (Å²) < 4.78 is 37.5. The van der Waals surface area contributed by atoms with Gasteiger partial charge in [-0.1, -0.05) is 17.7 Å². The lowest BCUT2D eigenvalue weighted by molar-refractivity contribution is -0.149. The van der Waals surface area contributed by atoms with Crippen LogP contribution in [0.15, 0.2) is 18.2 Å². The largest absolute Gasteiger partial charge is 0.407 e. The van der Waals surface area contributed by atoms with Crippen molar-refractivity contribution >= 4 is 34.2 Å². The molecule has 0 saturated carbocycles. The fraction of sp³-hybridized carbons (Fsp3) is 0.250. The average molecular weight is 335 g/mol. The van der Waals surface area contributed by atoms with E-state index in [4.69, 9.17) is 17.3 Å². The number of benzene rings is 1. The van der Waals surface area contributed by atoms with Gasteiger partial charge < -0.3 is 5.73 Å². The first kappa shape index (κ1) is 12.1. The highest BCUT2D eigenvalue weighted by molar-refractivity contribution is 14.1. The third kappa shape index (κ3) is 2.74. The molecule has 1 rings (SSSR count). The van der Waals surface area contributed by atoms with Crippen LogP contribution in [-0.4, -0.2) is 6.18 Å². The Balaban J connectivity index is 3.08. The van der Waals surface area contributed by atoms with Crippen LogP contribution in [0.3, 0.4) is 0 Å². The first-order valence-electron chi connectivity index (χ1n) is 3.59. The predicted octanol–water partition coefficient (Wildman–Crippen LogP) is 3.51. The van der Waals surface area contributed by atoms with Gasteiger partial charge in [-0.25, -0.2) is 0 Å². The minimum atomic E-state index is -4.46. The molecule has 0 aliphatic rings. The van der Waals surface area contributed by atoms with Crippen LogP contribution >= 0.6 is 34.2 Å². The molecule has 0 saturated heterocycles. The highest BCUT2D eigenvalue weighted by Crippen LogP contribution is 2.34. The number of halogens is 5. The zero-order valence-corrected chi connectivity index (χ0v) is 9.69. The van der Waals surface area contributed by atoms with E-state index >= 15 is 0 Å². The van der Waals surface area contributed by atoms with E-state index in [1.54, 1.807) is 0 Å². The highest BCUT2D eigenvalue weighted by Gasteiger charge is 2.38. The molecule has 2 N–H and O–H groups in total. The summed E-state index contributed by atoms with van der Waals surface area (Å²) in [4.78, 5) is 0. The summed E-state index contributed by atoms with van der Waals surface area (Å²) in [5.74, 6) is 0. The molecular weight excluding hydrogens is 329 g/mol. The van der Waals surface area contributed by atoms with E-state index in [9.17, 15) is 13.2 Å². The van der Waals surface area contributed by atoms with E-state index in [-0.39, 0.29) is 10.6 Å². The van der Waals surface area contributed by atoms with Crippen LogP contribution in [-0.2, 0) is 0 Å². The first-order chi connectivity index (χ1) is 6.32. The summed E-state index contributed by atoms with van der Waals surface area (Å²) in [6, 6.07) is 2.26. The molecule has 0 heterocycles. The SMILES string of the molecule is N[C@@H](c1ccc(I)cc1Cl)C(F)(F)F. The van der Waals surface area contributed by atoms with E-state index in [0.29, 0.717) is 0 Å². The Morgan fingerprint density at radius 1 is 1.36 bits per heavy atom. The molecule has 0 fully saturated rings. The number of rotatable bonds is 1. The van der Waals surface area contributed by atoms with Gasteiger partial charge in [0.15, 0.2) is 0 Å². The van der Waals surface area contributed by atoms with Crippen LogP contribution in [0.5, 0.6) is 0 Å². The van der Waals surface area contributed by atoms with Gasteiger partial charge in [0.05, 0.1) is 0 Å². The van der Waals surface area contributed by atoms with Crippen molar-refractivity contribution in [3.05, 3.63) is 32.4 Å². The molecule has 0 aliphatic heterocycles. The fourth-order valence-corrected chi connectivity index (χ4v) is 1.90. The van der Waals surface area contributed by atoms with Crippen molar-refractivity contribution in [2.45, 2.75) is 12.2 Å². The maximum Gasteiger partial charge on any atom is 0.407 e. The Labute approximate surface area is 97.6 Å². The van der Waals surface area contributed by atoms with Crippen molar-refractivity contribution in [2.75, 3.05) is 0 Å². The molecule has 1 aromatic carbocycles. The summed E-state index contributed by atoms with van der Waals surface area (Å²) in [5, 5.41) is 0.0433.